The van der Waals surface area contributed by atoms with Crippen LogP contribution in [-0.2, 0) is 6.42 Å². The maximum Gasteiger partial charge on any atom is 0.573 e. The molecule has 0 saturated carbocycles. The topological polar surface area (TPSA) is 78.1 Å². The first kappa shape index (κ1) is 15.7. The third-order valence-electron chi connectivity index (χ3n) is 2.31. The Hall–Kier alpha value is -1.68. The van der Waals surface area contributed by atoms with Crippen LogP contribution in [0.15, 0.2) is 22.1 Å². The molecule has 10 heteroatoms. The van der Waals surface area contributed by atoms with E-state index < -0.39 is 12.1 Å². The fourth-order valence-corrected chi connectivity index (χ4v) is 2.68. The van der Waals surface area contributed by atoms with Gasteiger partial charge in [-0.3, -0.25) is 4.79 Å². The van der Waals surface area contributed by atoms with Crippen molar-refractivity contribution < 1.29 is 22.7 Å². The van der Waals surface area contributed by atoms with Gasteiger partial charge in [-0.1, -0.05) is 11.3 Å². The van der Waals surface area contributed by atoms with E-state index in [2.05, 4.69) is 30.9 Å². The summed E-state index contributed by atoms with van der Waals surface area (Å²) < 4.78 is 40.6. The highest BCUT2D eigenvalue weighted by molar-refractivity contribution is 9.11. The van der Waals surface area contributed by atoms with Crippen LogP contribution in [0.25, 0.3) is 0 Å². The number of nitrogens with zero attached hydrogens (tertiary/aromatic N) is 2. The van der Waals surface area contributed by atoms with E-state index in [9.17, 15) is 18.0 Å². The Morgan fingerprint density at radius 1 is 1.38 bits per heavy atom. The Labute approximate surface area is 129 Å². The predicted molar refractivity (Wildman–Crippen MR) is 73.2 cm³/mol. The number of ether oxygens (including phenoxy) is 1. The van der Waals surface area contributed by atoms with Crippen LogP contribution in [0.4, 0.5) is 18.9 Å². The van der Waals surface area contributed by atoms with E-state index in [0.29, 0.717) is 8.92 Å². The molecule has 21 heavy (non-hydrogen) atoms. The highest BCUT2D eigenvalue weighted by Gasteiger charge is 2.32. The summed E-state index contributed by atoms with van der Waals surface area (Å²) in [6.07, 6.45) is -4.85. The molecule has 0 spiro atoms. The number of alkyl halides is 3. The number of ketones is 1. The van der Waals surface area contributed by atoms with Crippen LogP contribution in [0.5, 0.6) is 5.75 Å². The van der Waals surface area contributed by atoms with Gasteiger partial charge < -0.3 is 10.5 Å². The number of hydrogen-bond donors (Lipinski definition) is 1. The second-order valence-electron chi connectivity index (χ2n) is 3.85. The number of carbonyl (C=O) groups excluding carboxylic acids is 1. The lowest BCUT2D eigenvalue weighted by Crippen LogP contribution is -2.18. The molecule has 0 atom stereocenters. The van der Waals surface area contributed by atoms with Crippen LogP contribution in [0.1, 0.15) is 15.4 Å². The molecule has 0 saturated heterocycles. The van der Waals surface area contributed by atoms with Gasteiger partial charge in [0.25, 0.3) is 0 Å². The van der Waals surface area contributed by atoms with E-state index in [0.717, 1.165) is 12.1 Å². The van der Waals surface area contributed by atoms with Crippen molar-refractivity contribution in [2.75, 3.05) is 5.73 Å². The van der Waals surface area contributed by atoms with E-state index in [-0.39, 0.29) is 23.5 Å². The molecule has 112 valence electrons. The molecule has 2 N–H and O–H groups in total. The Morgan fingerprint density at radius 3 is 2.62 bits per heavy atom. The van der Waals surface area contributed by atoms with Crippen molar-refractivity contribution in [2.45, 2.75) is 12.8 Å². The van der Waals surface area contributed by atoms with Crippen LogP contribution < -0.4 is 10.5 Å². The summed E-state index contributed by atoms with van der Waals surface area (Å²) >= 11 is 4.31. The van der Waals surface area contributed by atoms with Crippen LogP contribution in [0.3, 0.4) is 0 Å². The van der Waals surface area contributed by atoms with Gasteiger partial charge in [-0.05, 0) is 34.1 Å². The monoisotopic (exact) mass is 381 g/mol. The van der Waals surface area contributed by atoms with Crippen molar-refractivity contribution >= 4 is 38.7 Å². The van der Waals surface area contributed by atoms with Gasteiger partial charge >= 0.3 is 6.36 Å². The quantitative estimate of drug-likeness (QED) is 0.649. The molecule has 2 aromatic rings. The van der Waals surface area contributed by atoms with Gasteiger partial charge in [0.05, 0.1) is 12.1 Å². The summed E-state index contributed by atoms with van der Waals surface area (Å²) in [6, 6.07) is 3.36. The molecule has 0 fully saturated rings. The van der Waals surface area contributed by atoms with Crippen LogP contribution in [0.2, 0.25) is 0 Å². The average molecular weight is 382 g/mol. The largest absolute Gasteiger partial charge is 0.573 e. The number of nitrogens with two attached hydrogens (primary N) is 1. The molecular formula is C11H7BrF3N3O2S. The molecule has 0 aliphatic carbocycles. The summed E-state index contributed by atoms with van der Waals surface area (Å²) in [5, 5.41) is 7.95. The van der Waals surface area contributed by atoms with Gasteiger partial charge in [-0.15, -0.1) is 23.4 Å². The first-order valence-corrected chi connectivity index (χ1v) is 7.02. The highest BCUT2D eigenvalue weighted by Crippen LogP contribution is 2.29. The zero-order chi connectivity index (χ0) is 15.6. The summed E-state index contributed by atoms with van der Waals surface area (Å²) in [5.74, 6) is -0.874. The van der Waals surface area contributed by atoms with Gasteiger partial charge in [-0.25, -0.2) is 0 Å². The lowest BCUT2D eigenvalue weighted by atomic mass is 10.1. The lowest BCUT2D eigenvalue weighted by Gasteiger charge is -2.11. The van der Waals surface area contributed by atoms with Crippen LogP contribution in [-0.4, -0.2) is 22.3 Å². The van der Waals surface area contributed by atoms with E-state index >= 15 is 0 Å². The molecular weight excluding hydrogens is 375 g/mol. The number of hydrogen-bond acceptors (Lipinski definition) is 6. The van der Waals surface area contributed by atoms with Crippen molar-refractivity contribution in [2.24, 2.45) is 0 Å². The van der Waals surface area contributed by atoms with Gasteiger partial charge in [0, 0.05) is 5.56 Å². The SMILES string of the molecule is Nc1cc(C(=O)Cc2nnc(Br)s2)ccc1OC(F)(F)F. The maximum absolute atomic E-state index is 12.1. The molecule has 5 nitrogen and oxygen atoms in total. The van der Waals surface area contributed by atoms with Gasteiger partial charge in [-0.2, -0.15) is 0 Å². The number of rotatable bonds is 4. The van der Waals surface area contributed by atoms with Gasteiger partial charge in [0.1, 0.15) is 5.01 Å². The third kappa shape index (κ3) is 4.39. The lowest BCUT2D eigenvalue weighted by molar-refractivity contribution is -0.274. The smallest absolute Gasteiger partial charge is 0.404 e. The van der Waals surface area contributed by atoms with Crippen molar-refractivity contribution in [1.82, 2.24) is 10.2 Å². The number of anilines is 1. The molecule has 1 aromatic carbocycles. The zero-order valence-electron chi connectivity index (χ0n) is 10.1. The summed E-state index contributed by atoms with van der Waals surface area (Å²) in [4.78, 5) is 12.0. The minimum Gasteiger partial charge on any atom is -0.404 e. The third-order valence-corrected chi connectivity index (χ3v) is 3.67. The maximum atomic E-state index is 12.1. The molecule has 2 rings (SSSR count). The van der Waals surface area contributed by atoms with Crippen molar-refractivity contribution in [1.29, 1.82) is 0 Å². The van der Waals surface area contributed by atoms with Gasteiger partial charge in [0.2, 0.25) is 0 Å². The van der Waals surface area contributed by atoms with E-state index in [4.69, 9.17) is 5.73 Å². The minimum atomic E-state index is -4.83. The summed E-state index contributed by atoms with van der Waals surface area (Å²) in [7, 11) is 0. The number of benzene rings is 1. The fourth-order valence-electron chi connectivity index (χ4n) is 1.48. The fraction of sp³-hybridized carbons (Fsp3) is 0.182. The molecule has 0 amide bonds. The number of nitrogen functional groups attached to an aromatic ring is 1. The molecule has 0 unspecified atom stereocenters. The Balaban J connectivity index is 2.14. The molecule has 1 aromatic heterocycles. The normalized spacial score (nSPS) is 11.4. The second-order valence-corrected chi connectivity index (χ2v) is 6.19. The zero-order valence-corrected chi connectivity index (χ0v) is 12.6. The Bertz CT molecular complexity index is 675. The Morgan fingerprint density at radius 2 is 2.10 bits per heavy atom. The predicted octanol–water partition coefficient (Wildman–Crippen LogP) is 3.21. The van der Waals surface area contributed by atoms with Crippen molar-refractivity contribution in [3.63, 3.8) is 0 Å². The van der Waals surface area contributed by atoms with E-state index in [1.165, 1.54) is 17.4 Å². The number of aromatic nitrogens is 2. The molecule has 0 aliphatic heterocycles. The summed E-state index contributed by atoms with van der Waals surface area (Å²) in [5.41, 5.74) is 5.36. The highest BCUT2D eigenvalue weighted by atomic mass is 79.9. The van der Waals surface area contributed by atoms with Crippen LogP contribution >= 0.6 is 27.3 Å². The Kier molecular flexibility index (Phi) is 4.47. The molecule has 0 radical (unpaired) electrons. The molecule has 0 bridgehead atoms. The summed E-state index contributed by atoms with van der Waals surface area (Å²) in [6.45, 7) is 0. The minimum absolute atomic E-state index is 0.0117. The van der Waals surface area contributed by atoms with Gasteiger partial charge in [0.15, 0.2) is 15.4 Å². The first-order valence-electron chi connectivity index (χ1n) is 5.41. The van der Waals surface area contributed by atoms with Crippen molar-refractivity contribution in [3.8, 4) is 5.75 Å². The second kappa shape index (κ2) is 5.98. The molecule has 0 aliphatic rings. The van der Waals surface area contributed by atoms with E-state index in [1.54, 1.807) is 0 Å². The first-order chi connectivity index (χ1) is 9.74. The average Bonchev–Trinajstić information content (AvgIpc) is 2.75. The standard InChI is InChI=1S/C11H7BrF3N3O2S/c12-10-18-17-9(21-10)4-7(19)5-1-2-8(6(16)3-5)20-11(13,14)15/h1-3H,4,16H2. The van der Waals surface area contributed by atoms with E-state index in [1.807, 2.05) is 0 Å². The van der Waals surface area contributed by atoms with Crippen LogP contribution in [0, 0.1) is 0 Å². The van der Waals surface area contributed by atoms with Crippen molar-refractivity contribution in [3.05, 3.63) is 32.7 Å². The molecule has 1 heterocycles. The number of halogens is 4. The number of carbonyl (C=O) groups is 1. The number of Topliss-reactive ketones (excluding diaryl/α,β-unsaturated/α-hetero) is 1.